The van der Waals surface area contributed by atoms with E-state index in [4.69, 9.17) is 10.5 Å². The third-order valence-electron chi connectivity index (χ3n) is 2.85. The van der Waals surface area contributed by atoms with Crippen LogP contribution >= 0.6 is 0 Å². The van der Waals surface area contributed by atoms with E-state index in [1.807, 2.05) is 0 Å². The Morgan fingerprint density at radius 1 is 1.21 bits per heavy atom. The Bertz CT molecular complexity index is 700. The van der Waals surface area contributed by atoms with E-state index < -0.39 is 17.5 Å². The lowest BCUT2D eigenvalue weighted by atomic mass is 10.0. The number of methoxy groups -OCH3 is 1. The van der Waals surface area contributed by atoms with Crippen LogP contribution in [0.2, 0.25) is 0 Å². The summed E-state index contributed by atoms with van der Waals surface area (Å²) in [5.41, 5.74) is 6.05. The Kier molecular flexibility index (Phi) is 3.08. The van der Waals surface area contributed by atoms with Gasteiger partial charge in [0.1, 0.15) is 5.75 Å². The molecule has 0 spiro atoms. The number of ketones is 2. The fourth-order valence-electron chi connectivity index (χ4n) is 1.96. The number of ether oxygens (including phenoxy) is 1. The molecule has 1 heterocycles. The third-order valence-corrected chi connectivity index (χ3v) is 2.85. The minimum atomic E-state index is -0.647. The van der Waals surface area contributed by atoms with Crippen molar-refractivity contribution in [2.24, 2.45) is 5.73 Å². The van der Waals surface area contributed by atoms with E-state index in [1.165, 1.54) is 32.4 Å². The molecule has 0 radical (unpaired) electrons. The molecule has 0 atom stereocenters. The highest BCUT2D eigenvalue weighted by atomic mass is 16.5. The maximum Gasteiger partial charge on any atom is 0.250 e. The number of Topliss-reactive ketones (excluding diaryl/α,β-unsaturated/α-hetero) is 2. The summed E-state index contributed by atoms with van der Waals surface area (Å²) in [6.07, 6.45) is 1.38. The lowest BCUT2D eigenvalue weighted by Gasteiger charge is -2.06. The molecule has 0 aliphatic rings. The Labute approximate surface area is 108 Å². The van der Waals surface area contributed by atoms with Gasteiger partial charge in [0.2, 0.25) is 5.78 Å². The number of fused-ring (bicyclic) bond motifs is 1. The molecular weight excluding hydrogens is 248 g/mol. The highest BCUT2D eigenvalue weighted by Crippen LogP contribution is 2.31. The van der Waals surface area contributed by atoms with Crippen molar-refractivity contribution in [1.82, 2.24) is 4.98 Å². The summed E-state index contributed by atoms with van der Waals surface area (Å²) in [5, 5.41) is 0.388. The number of amides is 1. The van der Waals surface area contributed by atoms with Crippen molar-refractivity contribution in [2.75, 3.05) is 7.11 Å². The average Bonchev–Trinajstić information content (AvgIpc) is 2.80. The first-order chi connectivity index (χ1) is 8.97. The zero-order valence-electron chi connectivity index (χ0n) is 10.4. The van der Waals surface area contributed by atoms with Crippen LogP contribution < -0.4 is 10.5 Å². The highest BCUT2D eigenvalue weighted by molar-refractivity contribution is 6.45. The maximum atomic E-state index is 11.8. The number of H-pyrrole nitrogens is 1. The second kappa shape index (κ2) is 4.56. The van der Waals surface area contributed by atoms with E-state index in [1.54, 1.807) is 0 Å². The molecule has 3 N–H and O–H groups in total. The normalized spacial score (nSPS) is 10.4. The van der Waals surface area contributed by atoms with Crippen LogP contribution in [-0.2, 0) is 4.79 Å². The molecule has 98 valence electrons. The van der Waals surface area contributed by atoms with Crippen molar-refractivity contribution >= 4 is 28.4 Å². The summed E-state index contributed by atoms with van der Waals surface area (Å²) in [4.78, 5) is 37.2. The van der Waals surface area contributed by atoms with Crippen LogP contribution in [0, 0.1) is 0 Å². The topological polar surface area (TPSA) is 102 Å². The van der Waals surface area contributed by atoms with Gasteiger partial charge >= 0.3 is 0 Å². The number of carbonyl (C=O) groups is 3. The van der Waals surface area contributed by atoms with Gasteiger partial charge in [-0.3, -0.25) is 14.4 Å². The standard InChI is InChI=1S/C13H12N2O4/c1-6(16)12(17)8-5-15-11-7(13(14)18)3-4-9(19-2)10(8)11/h3-5,15H,1-2H3,(H2,14,18). The smallest absolute Gasteiger partial charge is 0.250 e. The Balaban J connectivity index is 2.82. The number of primary amides is 1. The number of benzene rings is 1. The monoisotopic (exact) mass is 260 g/mol. The van der Waals surface area contributed by atoms with Crippen LogP contribution in [0.1, 0.15) is 27.6 Å². The van der Waals surface area contributed by atoms with Crippen molar-refractivity contribution < 1.29 is 19.1 Å². The van der Waals surface area contributed by atoms with Crippen molar-refractivity contribution in [2.45, 2.75) is 6.92 Å². The highest BCUT2D eigenvalue weighted by Gasteiger charge is 2.21. The van der Waals surface area contributed by atoms with Crippen molar-refractivity contribution in [3.63, 3.8) is 0 Å². The van der Waals surface area contributed by atoms with E-state index in [2.05, 4.69) is 4.98 Å². The molecule has 19 heavy (non-hydrogen) atoms. The number of aromatic nitrogens is 1. The van der Waals surface area contributed by atoms with Crippen LogP contribution in [0.5, 0.6) is 5.75 Å². The number of aromatic amines is 1. The van der Waals surface area contributed by atoms with E-state index in [0.717, 1.165) is 0 Å². The van der Waals surface area contributed by atoms with E-state index in [-0.39, 0.29) is 11.1 Å². The van der Waals surface area contributed by atoms with Crippen molar-refractivity contribution in [1.29, 1.82) is 0 Å². The number of hydrogen-bond donors (Lipinski definition) is 2. The molecular formula is C13H12N2O4. The first-order valence-corrected chi connectivity index (χ1v) is 5.50. The quantitative estimate of drug-likeness (QED) is 0.633. The Morgan fingerprint density at radius 2 is 1.89 bits per heavy atom. The summed E-state index contributed by atoms with van der Waals surface area (Å²) in [7, 11) is 1.44. The van der Waals surface area contributed by atoms with E-state index >= 15 is 0 Å². The zero-order valence-corrected chi connectivity index (χ0v) is 10.4. The van der Waals surface area contributed by atoms with Gasteiger partial charge in [-0.1, -0.05) is 0 Å². The van der Waals surface area contributed by atoms with Crippen LogP contribution in [0.3, 0.4) is 0 Å². The van der Waals surface area contributed by atoms with Gasteiger partial charge in [-0.05, 0) is 12.1 Å². The molecule has 1 amide bonds. The average molecular weight is 260 g/mol. The van der Waals surface area contributed by atoms with Gasteiger partial charge in [-0.15, -0.1) is 0 Å². The summed E-state index contributed by atoms with van der Waals surface area (Å²) < 4.78 is 5.16. The molecule has 1 aromatic heterocycles. The van der Waals surface area contributed by atoms with Gasteiger partial charge in [0.05, 0.1) is 29.1 Å². The van der Waals surface area contributed by atoms with Gasteiger partial charge in [-0.2, -0.15) is 0 Å². The molecule has 0 aliphatic carbocycles. The van der Waals surface area contributed by atoms with E-state index in [0.29, 0.717) is 16.7 Å². The first-order valence-electron chi connectivity index (χ1n) is 5.50. The summed E-state index contributed by atoms with van der Waals surface area (Å²) in [6, 6.07) is 3.04. The predicted octanol–water partition coefficient (Wildman–Crippen LogP) is 1.05. The fourth-order valence-corrected chi connectivity index (χ4v) is 1.96. The predicted molar refractivity (Wildman–Crippen MR) is 68.4 cm³/mol. The van der Waals surface area contributed by atoms with Crippen molar-refractivity contribution in [3.05, 3.63) is 29.5 Å². The second-order valence-electron chi connectivity index (χ2n) is 4.02. The number of hydrogen-bond acceptors (Lipinski definition) is 4. The molecule has 6 heteroatoms. The molecule has 2 aromatic rings. The lowest BCUT2D eigenvalue weighted by Crippen LogP contribution is -2.12. The van der Waals surface area contributed by atoms with Crippen LogP contribution in [0.4, 0.5) is 0 Å². The SMILES string of the molecule is COc1ccc(C(N)=O)c2[nH]cc(C(=O)C(C)=O)c12. The summed E-state index contributed by atoms with van der Waals surface area (Å²) >= 11 is 0. The molecule has 6 nitrogen and oxygen atoms in total. The second-order valence-corrected chi connectivity index (χ2v) is 4.02. The first kappa shape index (κ1) is 12.8. The van der Waals surface area contributed by atoms with Gasteiger partial charge in [0.25, 0.3) is 5.91 Å². The lowest BCUT2D eigenvalue weighted by molar-refractivity contribution is -0.113. The molecule has 0 fully saturated rings. The zero-order chi connectivity index (χ0) is 14.2. The van der Waals surface area contributed by atoms with Gasteiger partial charge < -0.3 is 15.5 Å². The van der Waals surface area contributed by atoms with Crippen LogP contribution in [0.25, 0.3) is 10.9 Å². The Hall–Kier alpha value is -2.63. The minimum absolute atomic E-state index is 0.169. The number of rotatable bonds is 4. The third kappa shape index (κ3) is 1.97. The molecule has 0 aliphatic heterocycles. The molecule has 0 saturated heterocycles. The minimum Gasteiger partial charge on any atom is -0.496 e. The van der Waals surface area contributed by atoms with Crippen molar-refractivity contribution in [3.8, 4) is 5.75 Å². The fraction of sp³-hybridized carbons (Fsp3) is 0.154. The van der Waals surface area contributed by atoms with Gasteiger partial charge in [-0.25, -0.2) is 0 Å². The van der Waals surface area contributed by atoms with Gasteiger partial charge in [0.15, 0.2) is 5.78 Å². The number of carbonyl (C=O) groups excluding carboxylic acids is 3. The molecule has 1 aromatic carbocycles. The number of nitrogens with two attached hydrogens (primary N) is 1. The molecule has 0 saturated carbocycles. The van der Waals surface area contributed by atoms with Crippen LogP contribution in [0.15, 0.2) is 18.3 Å². The Morgan fingerprint density at radius 3 is 2.42 bits per heavy atom. The largest absolute Gasteiger partial charge is 0.496 e. The molecule has 2 rings (SSSR count). The maximum absolute atomic E-state index is 11.8. The molecule has 0 unspecified atom stereocenters. The summed E-state index contributed by atoms with van der Waals surface area (Å²) in [5.74, 6) is -1.47. The summed E-state index contributed by atoms with van der Waals surface area (Å²) in [6.45, 7) is 1.19. The van der Waals surface area contributed by atoms with Crippen LogP contribution in [-0.4, -0.2) is 29.6 Å². The number of nitrogens with one attached hydrogen (secondary N) is 1. The van der Waals surface area contributed by atoms with Gasteiger partial charge in [0, 0.05) is 13.1 Å². The van der Waals surface area contributed by atoms with E-state index in [9.17, 15) is 14.4 Å². The molecule has 0 bridgehead atoms.